The average molecular weight is 240 g/mol. The third-order valence-electron chi connectivity index (χ3n) is 2.84. The second-order valence-corrected chi connectivity index (χ2v) is 4.27. The standard InChI is InChI=1S/C14H12N2O2/c1-9-15-13-5-2-10(7-14(13)16-9)6-11-3-4-12(8-17)18-11/h2-5,7-8H,6H2,1H3,(H,15,16). The highest BCUT2D eigenvalue weighted by Gasteiger charge is 2.05. The van der Waals surface area contributed by atoms with E-state index in [0.717, 1.165) is 28.2 Å². The quantitative estimate of drug-likeness (QED) is 0.716. The number of H-pyrrole nitrogens is 1. The molecule has 0 unspecified atom stereocenters. The number of hydrogen-bond acceptors (Lipinski definition) is 3. The molecule has 4 heteroatoms. The lowest BCUT2D eigenvalue weighted by molar-refractivity contribution is 0.109. The second kappa shape index (κ2) is 4.14. The molecular formula is C14H12N2O2. The third-order valence-corrected chi connectivity index (χ3v) is 2.84. The van der Waals surface area contributed by atoms with Crippen LogP contribution in [0.15, 0.2) is 34.7 Å². The fraction of sp³-hybridized carbons (Fsp3) is 0.143. The molecule has 0 aliphatic heterocycles. The lowest BCUT2D eigenvalue weighted by Crippen LogP contribution is -1.85. The average Bonchev–Trinajstić information content (AvgIpc) is 2.94. The molecule has 0 aliphatic carbocycles. The van der Waals surface area contributed by atoms with Crippen molar-refractivity contribution in [1.82, 2.24) is 9.97 Å². The maximum atomic E-state index is 10.5. The summed E-state index contributed by atoms with van der Waals surface area (Å²) < 4.78 is 5.36. The molecule has 0 saturated carbocycles. The molecule has 0 bridgehead atoms. The summed E-state index contributed by atoms with van der Waals surface area (Å²) in [6, 6.07) is 9.56. The van der Waals surface area contributed by atoms with Crippen molar-refractivity contribution in [2.45, 2.75) is 13.3 Å². The van der Waals surface area contributed by atoms with Gasteiger partial charge in [0.2, 0.25) is 0 Å². The first-order valence-electron chi connectivity index (χ1n) is 5.74. The zero-order valence-corrected chi connectivity index (χ0v) is 9.93. The molecule has 18 heavy (non-hydrogen) atoms. The van der Waals surface area contributed by atoms with E-state index in [1.54, 1.807) is 6.07 Å². The Hall–Kier alpha value is -2.36. The van der Waals surface area contributed by atoms with Crippen LogP contribution in [0.25, 0.3) is 11.0 Å². The van der Waals surface area contributed by atoms with Crippen LogP contribution in [0.1, 0.15) is 27.7 Å². The number of aromatic amines is 1. The van der Waals surface area contributed by atoms with Crippen LogP contribution in [0.5, 0.6) is 0 Å². The van der Waals surface area contributed by atoms with E-state index in [1.807, 2.05) is 25.1 Å². The van der Waals surface area contributed by atoms with Crippen molar-refractivity contribution >= 4 is 17.3 Å². The summed E-state index contributed by atoms with van der Waals surface area (Å²) in [4.78, 5) is 18.1. The minimum absolute atomic E-state index is 0.364. The number of rotatable bonds is 3. The zero-order chi connectivity index (χ0) is 12.5. The topological polar surface area (TPSA) is 58.9 Å². The van der Waals surface area contributed by atoms with Crippen molar-refractivity contribution in [3.8, 4) is 0 Å². The van der Waals surface area contributed by atoms with Gasteiger partial charge in [-0.1, -0.05) is 6.07 Å². The molecule has 2 aromatic heterocycles. The number of aryl methyl sites for hydroxylation is 1. The molecule has 2 heterocycles. The lowest BCUT2D eigenvalue weighted by Gasteiger charge is -1.98. The highest BCUT2D eigenvalue weighted by atomic mass is 16.3. The number of benzene rings is 1. The maximum Gasteiger partial charge on any atom is 0.185 e. The molecule has 3 aromatic rings. The molecule has 0 fully saturated rings. The molecule has 90 valence electrons. The Morgan fingerprint density at radius 1 is 1.33 bits per heavy atom. The van der Waals surface area contributed by atoms with E-state index < -0.39 is 0 Å². The van der Waals surface area contributed by atoms with Crippen LogP contribution in [-0.2, 0) is 6.42 Å². The summed E-state index contributed by atoms with van der Waals surface area (Å²) in [5.41, 5.74) is 3.11. The number of furan rings is 1. The molecule has 4 nitrogen and oxygen atoms in total. The minimum Gasteiger partial charge on any atom is -0.458 e. The molecule has 0 atom stereocenters. The first kappa shape index (κ1) is 10.8. The number of aromatic nitrogens is 2. The van der Waals surface area contributed by atoms with Gasteiger partial charge in [0, 0.05) is 6.42 Å². The number of carbonyl (C=O) groups excluding carboxylic acids is 1. The number of imidazole rings is 1. The Morgan fingerprint density at radius 3 is 3.00 bits per heavy atom. The fourth-order valence-corrected chi connectivity index (χ4v) is 2.05. The van der Waals surface area contributed by atoms with Crippen LogP contribution in [0, 0.1) is 6.92 Å². The Labute approximate surface area is 104 Å². The molecular weight excluding hydrogens is 228 g/mol. The number of fused-ring (bicyclic) bond motifs is 1. The first-order valence-corrected chi connectivity index (χ1v) is 5.74. The van der Waals surface area contributed by atoms with E-state index in [-0.39, 0.29) is 0 Å². The van der Waals surface area contributed by atoms with Crippen molar-refractivity contribution in [3.63, 3.8) is 0 Å². The van der Waals surface area contributed by atoms with Crippen LogP contribution < -0.4 is 0 Å². The van der Waals surface area contributed by atoms with Gasteiger partial charge in [-0.15, -0.1) is 0 Å². The van der Waals surface area contributed by atoms with Crippen molar-refractivity contribution in [1.29, 1.82) is 0 Å². The van der Waals surface area contributed by atoms with Crippen LogP contribution in [0.3, 0.4) is 0 Å². The smallest absolute Gasteiger partial charge is 0.185 e. The Bertz CT molecular complexity index is 709. The molecule has 3 rings (SSSR count). The molecule has 0 spiro atoms. The largest absolute Gasteiger partial charge is 0.458 e. The fourth-order valence-electron chi connectivity index (χ4n) is 2.05. The van der Waals surface area contributed by atoms with Gasteiger partial charge in [-0.3, -0.25) is 4.79 Å². The van der Waals surface area contributed by atoms with E-state index in [1.165, 1.54) is 0 Å². The number of nitrogens with one attached hydrogen (secondary N) is 1. The predicted octanol–water partition coefficient (Wildman–Crippen LogP) is 2.87. The summed E-state index contributed by atoms with van der Waals surface area (Å²) in [6.07, 6.45) is 1.38. The molecule has 0 radical (unpaired) electrons. The van der Waals surface area contributed by atoms with Gasteiger partial charge in [0.1, 0.15) is 11.6 Å². The molecule has 0 amide bonds. The van der Waals surface area contributed by atoms with Gasteiger partial charge in [0.15, 0.2) is 12.0 Å². The van der Waals surface area contributed by atoms with E-state index in [9.17, 15) is 4.79 Å². The third kappa shape index (κ3) is 1.93. The van der Waals surface area contributed by atoms with Crippen LogP contribution in [0.4, 0.5) is 0 Å². The van der Waals surface area contributed by atoms with E-state index in [0.29, 0.717) is 18.5 Å². The number of aldehydes is 1. The van der Waals surface area contributed by atoms with Crippen LogP contribution in [-0.4, -0.2) is 16.3 Å². The molecule has 1 aromatic carbocycles. The number of carbonyl (C=O) groups is 1. The predicted molar refractivity (Wildman–Crippen MR) is 67.7 cm³/mol. The highest BCUT2D eigenvalue weighted by molar-refractivity contribution is 5.76. The Kier molecular flexibility index (Phi) is 2.48. The molecule has 0 aliphatic rings. The summed E-state index contributed by atoms with van der Waals surface area (Å²) >= 11 is 0. The van der Waals surface area contributed by atoms with Gasteiger partial charge in [-0.25, -0.2) is 4.98 Å². The molecule has 0 saturated heterocycles. The first-order chi connectivity index (χ1) is 8.74. The van der Waals surface area contributed by atoms with Gasteiger partial charge in [-0.2, -0.15) is 0 Å². The summed E-state index contributed by atoms with van der Waals surface area (Å²) in [7, 11) is 0. The normalized spacial score (nSPS) is 10.9. The maximum absolute atomic E-state index is 10.5. The van der Waals surface area contributed by atoms with Gasteiger partial charge in [0.25, 0.3) is 0 Å². The van der Waals surface area contributed by atoms with E-state index in [4.69, 9.17) is 4.42 Å². The minimum atomic E-state index is 0.364. The van der Waals surface area contributed by atoms with E-state index in [2.05, 4.69) is 16.0 Å². The lowest BCUT2D eigenvalue weighted by atomic mass is 10.1. The number of hydrogen-bond donors (Lipinski definition) is 1. The SMILES string of the molecule is Cc1nc2ccc(Cc3ccc(C=O)o3)cc2[nH]1. The summed E-state index contributed by atoms with van der Waals surface area (Å²) in [5, 5.41) is 0. The number of nitrogens with zero attached hydrogens (tertiary/aromatic N) is 1. The van der Waals surface area contributed by atoms with Crippen molar-refractivity contribution in [2.24, 2.45) is 0 Å². The highest BCUT2D eigenvalue weighted by Crippen LogP contribution is 2.17. The van der Waals surface area contributed by atoms with Gasteiger partial charge >= 0.3 is 0 Å². The monoisotopic (exact) mass is 240 g/mol. The molecule has 1 N–H and O–H groups in total. The van der Waals surface area contributed by atoms with Gasteiger partial charge < -0.3 is 9.40 Å². The Balaban J connectivity index is 1.91. The van der Waals surface area contributed by atoms with Gasteiger partial charge in [0.05, 0.1) is 11.0 Å². The van der Waals surface area contributed by atoms with Gasteiger partial charge in [-0.05, 0) is 36.8 Å². The summed E-state index contributed by atoms with van der Waals surface area (Å²) in [6.45, 7) is 1.93. The van der Waals surface area contributed by atoms with E-state index >= 15 is 0 Å². The van der Waals surface area contributed by atoms with Crippen molar-refractivity contribution in [2.75, 3.05) is 0 Å². The van der Waals surface area contributed by atoms with Crippen LogP contribution >= 0.6 is 0 Å². The van der Waals surface area contributed by atoms with Crippen molar-refractivity contribution in [3.05, 3.63) is 53.2 Å². The van der Waals surface area contributed by atoms with Crippen LogP contribution in [0.2, 0.25) is 0 Å². The summed E-state index contributed by atoms with van der Waals surface area (Å²) in [5.74, 6) is 2.06. The Morgan fingerprint density at radius 2 is 2.22 bits per heavy atom. The van der Waals surface area contributed by atoms with Crippen molar-refractivity contribution < 1.29 is 9.21 Å². The zero-order valence-electron chi connectivity index (χ0n) is 9.93. The second-order valence-electron chi connectivity index (χ2n) is 4.27.